The SMILES string of the molecule is CCOc1ccc(CN(C(=O)c2ccc(CO)cc2)C2CC2)cc1. The zero-order valence-electron chi connectivity index (χ0n) is 13.9. The lowest BCUT2D eigenvalue weighted by Crippen LogP contribution is -2.32. The molecule has 126 valence electrons. The van der Waals surface area contributed by atoms with E-state index in [1.54, 1.807) is 24.3 Å². The van der Waals surface area contributed by atoms with Crippen molar-refractivity contribution in [1.29, 1.82) is 0 Å². The predicted molar refractivity (Wildman–Crippen MR) is 92.9 cm³/mol. The molecular weight excluding hydrogens is 302 g/mol. The van der Waals surface area contributed by atoms with Crippen molar-refractivity contribution in [3.8, 4) is 5.75 Å². The van der Waals surface area contributed by atoms with Gasteiger partial charge in [-0.3, -0.25) is 4.79 Å². The Balaban J connectivity index is 1.73. The zero-order valence-corrected chi connectivity index (χ0v) is 13.9. The molecule has 2 aromatic rings. The van der Waals surface area contributed by atoms with Crippen molar-refractivity contribution < 1.29 is 14.6 Å². The number of ether oxygens (including phenoxy) is 1. The highest BCUT2D eigenvalue weighted by Gasteiger charge is 2.33. The van der Waals surface area contributed by atoms with E-state index in [1.807, 2.05) is 36.1 Å². The van der Waals surface area contributed by atoms with Gasteiger partial charge in [0.25, 0.3) is 5.91 Å². The number of carbonyl (C=O) groups excluding carboxylic acids is 1. The van der Waals surface area contributed by atoms with E-state index >= 15 is 0 Å². The molecule has 3 rings (SSSR count). The number of aliphatic hydroxyl groups is 1. The summed E-state index contributed by atoms with van der Waals surface area (Å²) in [6, 6.07) is 15.5. The number of rotatable bonds is 7. The van der Waals surface area contributed by atoms with Crippen molar-refractivity contribution in [2.24, 2.45) is 0 Å². The molecule has 0 aromatic heterocycles. The number of benzene rings is 2. The first-order chi connectivity index (χ1) is 11.7. The van der Waals surface area contributed by atoms with Crippen LogP contribution in [0.5, 0.6) is 5.75 Å². The summed E-state index contributed by atoms with van der Waals surface area (Å²) in [4.78, 5) is 14.8. The number of hydrogen-bond donors (Lipinski definition) is 1. The van der Waals surface area contributed by atoms with Crippen molar-refractivity contribution in [2.75, 3.05) is 6.61 Å². The first kappa shape index (κ1) is 16.5. The molecule has 0 radical (unpaired) electrons. The van der Waals surface area contributed by atoms with E-state index in [4.69, 9.17) is 9.84 Å². The highest BCUT2D eigenvalue weighted by Crippen LogP contribution is 2.30. The maximum Gasteiger partial charge on any atom is 0.254 e. The average molecular weight is 325 g/mol. The Bertz CT molecular complexity index is 675. The summed E-state index contributed by atoms with van der Waals surface area (Å²) >= 11 is 0. The van der Waals surface area contributed by atoms with Gasteiger partial charge in [0.1, 0.15) is 5.75 Å². The molecule has 1 aliphatic carbocycles. The van der Waals surface area contributed by atoms with Crippen LogP contribution in [0, 0.1) is 0 Å². The van der Waals surface area contributed by atoms with E-state index in [-0.39, 0.29) is 12.5 Å². The summed E-state index contributed by atoms with van der Waals surface area (Å²) < 4.78 is 5.46. The summed E-state index contributed by atoms with van der Waals surface area (Å²) in [7, 11) is 0. The number of amides is 1. The van der Waals surface area contributed by atoms with Gasteiger partial charge < -0.3 is 14.7 Å². The predicted octanol–water partition coefficient (Wildman–Crippen LogP) is 3.38. The van der Waals surface area contributed by atoms with Crippen LogP contribution < -0.4 is 4.74 Å². The van der Waals surface area contributed by atoms with Gasteiger partial charge in [-0.2, -0.15) is 0 Å². The standard InChI is InChI=1S/C20H23NO3/c1-2-24-19-11-5-15(6-12-19)13-21(18-9-10-18)20(23)17-7-3-16(14-22)4-8-17/h3-8,11-12,18,22H,2,9-10,13-14H2,1H3. The van der Waals surface area contributed by atoms with Crippen LogP contribution in [-0.2, 0) is 13.2 Å². The minimum Gasteiger partial charge on any atom is -0.494 e. The lowest BCUT2D eigenvalue weighted by molar-refractivity contribution is 0.0730. The molecule has 0 atom stereocenters. The third-order valence-electron chi connectivity index (χ3n) is 4.22. The van der Waals surface area contributed by atoms with Crippen LogP contribution >= 0.6 is 0 Å². The quantitative estimate of drug-likeness (QED) is 0.849. The molecule has 0 aliphatic heterocycles. The molecule has 4 nitrogen and oxygen atoms in total. The van der Waals surface area contributed by atoms with Gasteiger partial charge in [-0.1, -0.05) is 24.3 Å². The summed E-state index contributed by atoms with van der Waals surface area (Å²) in [6.07, 6.45) is 2.13. The number of nitrogens with zero attached hydrogens (tertiary/aromatic N) is 1. The molecule has 0 unspecified atom stereocenters. The average Bonchev–Trinajstić information content (AvgIpc) is 3.46. The second-order valence-corrected chi connectivity index (χ2v) is 6.10. The van der Waals surface area contributed by atoms with Crippen LogP contribution in [0.1, 0.15) is 41.3 Å². The van der Waals surface area contributed by atoms with E-state index in [2.05, 4.69) is 0 Å². The van der Waals surface area contributed by atoms with Gasteiger partial charge in [0.05, 0.1) is 13.2 Å². The Morgan fingerprint density at radius 3 is 2.25 bits per heavy atom. The molecule has 2 aromatic carbocycles. The maximum atomic E-state index is 12.8. The summed E-state index contributed by atoms with van der Waals surface area (Å²) in [5, 5.41) is 9.12. The van der Waals surface area contributed by atoms with E-state index < -0.39 is 0 Å². The minimum absolute atomic E-state index is 0.00695. The molecule has 1 aliphatic rings. The first-order valence-corrected chi connectivity index (χ1v) is 8.43. The monoisotopic (exact) mass is 325 g/mol. The van der Waals surface area contributed by atoms with Crippen LogP contribution in [0.15, 0.2) is 48.5 Å². The van der Waals surface area contributed by atoms with E-state index in [0.717, 1.165) is 29.7 Å². The van der Waals surface area contributed by atoms with Crippen molar-refractivity contribution in [3.63, 3.8) is 0 Å². The largest absolute Gasteiger partial charge is 0.494 e. The summed E-state index contributed by atoms with van der Waals surface area (Å²) in [5.41, 5.74) is 2.59. The van der Waals surface area contributed by atoms with Gasteiger partial charge in [-0.15, -0.1) is 0 Å². The smallest absolute Gasteiger partial charge is 0.254 e. The fraction of sp³-hybridized carbons (Fsp3) is 0.350. The summed E-state index contributed by atoms with van der Waals surface area (Å²) in [6.45, 7) is 3.21. The molecule has 0 saturated heterocycles. The Hall–Kier alpha value is -2.33. The van der Waals surface area contributed by atoms with Gasteiger partial charge in [-0.05, 0) is 55.2 Å². The topological polar surface area (TPSA) is 49.8 Å². The molecule has 1 fully saturated rings. The van der Waals surface area contributed by atoms with Gasteiger partial charge in [-0.25, -0.2) is 0 Å². The zero-order chi connectivity index (χ0) is 16.9. The van der Waals surface area contributed by atoms with Gasteiger partial charge >= 0.3 is 0 Å². The van der Waals surface area contributed by atoms with Crippen molar-refractivity contribution in [2.45, 2.75) is 39.0 Å². The van der Waals surface area contributed by atoms with Crippen LogP contribution in [-0.4, -0.2) is 28.6 Å². The normalized spacial score (nSPS) is 13.6. The molecule has 0 bridgehead atoms. The Kier molecular flexibility index (Phi) is 5.16. The number of carbonyl (C=O) groups is 1. The fourth-order valence-corrected chi connectivity index (χ4v) is 2.73. The van der Waals surface area contributed by atoms with Gasteiger partial charge in [0.15, 0.2) is 0 Å². The molecule has 1 amide bonds. The lowest BCUT2D eigenvalue weighted by Gasteiger charge is -2.23. The van der Waals surface area contributed by atoms with E-state index in [0.29, 0.717) is 24.8 Å². The minimum atomic E-state index is -0.00695. The molecular formula is C20H23NO3. The number of aliphatic hydroxyl groups excluding tert-OH is 1. The fourth-order valence-electron chi connectivity index (χ4n) is 2.73. The second kappa shape index (κ2) is 7.49. The van der Waals surface area contributed by atoms with Crippen LogP contribution in [0.3, 0.4) is 0 Å². The van der Waals surface area contributed by atoms with Gasteiger partial charge in [0.2, 0.25) is 0 Å². The Labute approximate surface area is 142 Å². The molecule has 24 heavy (non-hydrogen) atoms. The molecule has 0 heterocycles. The van der Waals surface area contributed by atoms with Crippen LogP contribution in [0.25, 0.3) is 0 Å². The van der Waals surface area contributed by atoms with E-state index in [1.165, 1.54) is 0 Å². The highest BCUT2D eigenvalue weighted by molar-refractivity contribution is 5.94. The highest BCUT2D eigenvalue weighted by atomic mass is 16.5. The van der Waals surface area contributed by atoms with Gasteiger partial charge in [0, 0.05) is 18.2 Å². The maximum absolute atomic E-state index is 12.8. The lowest BCUT2D eigenvalue weighted by atomic mass is 10.1. The van der Waals surface area contributed by atoms with E-state index in [9.17, 15) is 4.79 Å². The Morgan fingerprint density at radius 2 is 1.71 bits per heavy atom. The van der Waals surface area contributed by atoms with Crippen LogP contribution in [0.2, 0.25) is 0 Å². The van der Waals surface area contributed by atoms with Crippen LogP contribution in [0.4, 0.5) is 0 Å². The van der Waals surface area contributed by atoms with Crippen molar-refractivity contribution in [3.05, 3.63) is 65.2 Å². The third kappa shape index (κ3) is 3.95. The molecule has 0 spiro atoms. The van der Waals surface area contributed by atoms with Crippen molar-refractivity contribution in [1.82, 2.24) is 4.90 Å². The molecule has 1 saturated carbocycles. The summed E-state index contributed by atoms with van der Waals surface area (Å²) in [5.74, 6) is 0.904. The Morgan fingerprint density at radius 1 is 1.08 bits per heavy atom. The molecule has 1 N–H and O–H groups in total. The number of hydrogen-bond acceptors (Lipinski definition) is 3. The first-order valence-electron chi connectivity index (χ1n) is 8.43. The second-order valence-electron chi connectivity index (χ2n) is 6.10. The van der Waals surface area contributed by atoms with Crippen molar-refractivity contribution >= 4 is 5.91 Å². The molecule has 4 heteroatoms. The third-order valence-corrected chi connectivity index (χ3v) is 4.22.